The van der Waals surface area contributed by atoms with E-state index in [1.807, 2.05) is 37.4 Å². The molecule has 1 aromatic carbocycles. The number of rotatable bonds is 5. The highest BCUT2D eigenvalue weighted by molar-refractivity contribution is 5.32. The van der Waals surface area contributed by atoms with E-state index >= 15 is 0 Å². The fourth-order valence-corrected chi connectivity index (χ4v) is 2.83. The van der Waals surface area contributed by atoms with Gasteiger partial charge in [-0.15, -0.1) is 0 Å². The SMILES string of the molecule is CNC(C#N)(CN1CCC(OC)CC1)c1ccccc1. The molecule has 4 nitrogen and oxygen atoms in total. The molecule has 1 aliphatic rings. The first-order chi connectivity index (χ1) is 9.74. The number of likely N-dealkylation sites (N-methyl/N-ethyl adjacent to an activating group) is 1. The summed E-state index contributed by atoms with van der Waals surface area (Å²) in [7, 11) is 3.63. The summed E-state index contributed by atoms with van der Waals surface area (Å²) < 4.78 is 5.40. The average Bonchev–Trinajstić information content (AvgIpc) is 2.54. The summed E-state index contributed by atoms with van der Waals surface area (Å²) in [4.78, 5) is 2.35. The molecule has 0 amide bonds. The third kappa shape index (κ3) is 3.18. The van der Waals surface area contributed by atoms with Crippen molar-refractivity contribution in [2.24, 2.45) is 0 Å². The number of nitrogens with one attached hydrogen (secondary N) is 1. The van der Waals surface area contributed by atoms with Crippen molar-refractivity contribution in [2.45, 2.75) is 24.5 Å². The number of nitrogens with zero attached hydrogens (tertiary/aromatic N) is 2. The lowest BCUT2D eigenvalue weighted by molar-refractivity contribution is 0.0354. The number of piperidine rings is 1. The molecule has 0 bridgehead atoms. The van der Waals surface area contributed by atoms with Crippen molar-refractivity contribution in [3.8, 4) is 6.07 Å². The van der Waals surface area contributed by atoms with Crippen LogP contribution in [0.4, 0.5) is 0 Å². The standard InChI is InChI=1S/C16H23N3O/c1-18-16(12-17,14-6-4-3-5-7-14)13-19-10-8-15(20-2)9-11-19/h3-7,15,18H,8-11,13H2,1-2H3. The lowest BCUT2D eigenvalue weighted by atomic mass is 9.90. The molecule has 1 fully saturated rings. The van der Waals surface area contributed by atoms with Gasteiger partial charge in [0.2, 0.25) is 0 Å². The van der Waals surface area contributed by atoms with E-state index in [0.29, 0.717) is 12.6 Å². The van der Waals surface area contributed by atoms with Crippen molar-refractivity contribution in [3.63, 3.8) is 0 Å². The Labute approximate surface area is 121 Å². The molecule has 0 saturated carbocycles. The van der Waals surface area contributed by atoms with Crippen LogP contribution in [0.5, 0.6) is 0 Å². The summed E-state index contributed by atoms with van der Waals surface area (Å²) in [6.45, 7) is 2.67. The van der Waals surface area contributed by atoms with Crippen molar-refractivity contribution in [2.75, 3.05) is 33.8 Å². The number of likely N-dealkylation sites (tertiary alicyclic amines) is 1. The van der Waals surface area contributed by atoms with Gasteiger partial charge < -0.3 is 4.74 Å². The Morgan fingerprint density at radius 1 is 1.35 bits per heavy atom. The van der Waals surface area contributed by atoms with Crippen LogP contribution in [0.2, 0.25) is 0 Å². The fourth-order valence-electron chi connectivity index (χ4n) is 2.83. The van der Waals surface area contributed by atoms with Crippen LogP contribution in [-0.4, -0.2) is 44.8 Å². The first-order valence-corrected chi connectivity index (χ1v) is 7.15. The molecule has 0 aliphatic carbocycles. The van der Waals surface area contributed by atoms with Gasteiger partial charge in [0, 0.05) is 26.7 Å². The molecule has 1 saturated heterocycles. The largest absolute Gasteiger partial charge is 0.381 e. The van der Waals surface area contributed by atoms with Crippen molar-refractivity contribution in [3.05, 3.63) is 35.9 Å². The molecular weight excluding hydrogens is 250 g/mol. The van der Waals surface area contributed by atoms with E-state index in [0.717, 1.165) is 31.5 Å². The monoisotopic (exact) mass is 273 g/mol. The minimum Gasteiger partial charge on any atom is -0.381 e. The number of ether oxygens (including phenoxy) is 1. The molecule has 1 unspecified atom stereocenters. The average molecular weight is 273 g/mol. The Hall–Kier alpha value is -1.41. The van der Waals surface area contributed by atoms with Gasteiger partial charge in [0.05, 0.1) is 12.2 Å². The summed E-state index contributed by atoms with van der Waals surface area (Å²) in [5.41, 5.74) is 0.389. The predicted octanol–water partition coefficient (Wildman–Crippen LogP) is 1.74. The van der Waals surface area contributed by atoms with E-state index in [-0.39, 0.29) is 0 Å². The van der Waals surface area contributed by atoms with Gasteiger partial charge in [-0.25, -0.2) is 0 Å². The van der Waals surface area contributed by atoms with Gasteiger partial charge in [-0.2, -0.15) is 5.26 Å². The van der Waals surface area contributed by atoms with Crippen LogP contribution in [0.15, 0.2) is 30.3 Å². The van der Waals surface area contributed by atoms with Gasteiger partial charge in [0.15, 0.2) is 0 Å². The summed E-state index contributed by atoms with van der Waals surface area (Å²) in [6.07, 6.45) is 2.45. The Morgan fingerprint density at radius 3 is 2.50 bits per heavy atom. The molecule has 4 heteroatoms. The quantitative estimate of drug-likeness (QED) is 0.887. The van der Waals surface area contributed by atoms with Gasteiger partial charge in [0.1, 0.15) is 5.54 Å². The molecular formula is C16H23N3O. The van der Waals surface area contributed by atoms with E-state index in [9.17, 15) is 5.26 Å². The maximum atomic E-state index is 9.69. The molecule has 2 rings (SSSR count). The Morgan fingerprint density at radius 2 is 2.00 bits per heavy atom. The van der Waals surface area contributed by atoms with E-state index in [1.165, 1.54) is 0 Å². The first-order valence-electron chi connectivity index (χ1n) is 7.15. The van der Waals surface area contributed by atoms with Crippen LogP contribution >= 0.6 is 0 Å². The minimum atomic E-state index is -0.638. The normalized spacial score (nSPS) is 20.2. The van der Waals surface area contributed by atoms with Crippen LogP contribution in [0.25, 0.3) is 0 Å². The Balaban J connectivity index is 2.09. The number of hydrogen-bond acceptors (Lipinski definition) is 4. The van der Waals surface area contributed by atoms with Crippen LogP contribution < -0.4 is 5.32 Å². The maximum absolute atomic E-state index is 9.69. The molecule has 1 heterocycles. The molecule has 20 heavy (non-hydrogen) atoms. The third-order valence-corrected chi connectivity index (χ3v) is 4.21. The van der Waals surface area contributed by atoms with Gasteiger partial charge in [0.25, 0.3) is 0 Å². The number of hydrogen-bond donors (Lipinski definition) is 1. The minimum absolute atomic E-state index is 0.369. The lowest BCUT2D eigenvalue weighted by Crippen LogP contribution is -2.51. The van der Waals surface area contributed by atoms with Gasteiger partial charge >= 0.3 is 0 Å². The highest BCUT2D eigenvalue weighted by Crippen LogP contribution is 2.23. The smallest absolute Gasteiger partial charge is 0.144 e. The van der Waals surface area contributed by atoms with Crippen LogP contribution in [0.3, 0.4) is 0 Å². The summed E-state index contributed by atoms with van der Waals surface area (Å²) in [6, 6.07) is 12.4. The first kappa shape index (κ1) is 15.0. The second-order valence-electron chi connectivity index (χ2n) is 5.34. The zero-order valence-electron chi connectivity index (χ0n) is 12.3. The third-order valence-electron chi connectivity index (χ3n) is 4.21. The van der Waals surface area contributed by atoms with Crippen LogP contribution in [-0.2, 0) is 10.3 Å². The molecule has 1 atom stereocenters. The summed E-state index contributed by atoms with van der Waals surface area (Å²) >= 11 is 0. The molecule has 1 N–H and O–H groups in total. The van der Waals surface area contributed by atoms with Crippen LogP contribution in [0, 0.1) is 11.3 Å². The zero-order valence-corrected chi connectivity index (χ0v) is 12.3. The molecule has 1 aliphatic heterocycles. The van der Waals surface area contributed by atoms with E-state index < -0.39 is 5.54 Å². The van der Waals surface area contributed by atoms with Crippen molar-refractivity contribution in [1.29, 1.82) is 5.26 Å². The summed E-state index contributed by atoms with van der Waals surface area (Å²) in [5.74, 6) is 0. The van der Waals surface area contributed by atoms with Crippen LogP contribution in [0.1, 0.15) is 18.4 Å². The summed E-state index contributed by atoms with van der Waals surface area (Å²) in [5, 5.41) is 12.9. The van der Waals surface area contributed by atoms with Crippen molar-refractivity contribution in [1.82, 2.24) is 10.2 Å². The lowest BCUT2D eigenvalue weighted by Gasteiger charge is -2.37. The molecule has 108 valence electrons. The molecule has 1 aromatic rings. The molecule has 0 radical (unpaired) electrons. The van der Waals surface area contributed by atoms with E-state index in [1.54, 1.807) is 7.11 Å². The second-order valence-corrected chi connectivity index (χ2v) is 5.34. The number of nitriles is 1. The number of benzene rings is 1. The van der Waals surface area contributed by atoms with Gasteiger partial charge in [-0.3, -0.25) is 10.2 Å². The number of methoxy groups -OCH3 is 1. The van der Waals surface area contributed by atoms with Gasteiger partial charge in [-0.05, 0) is 25.5 Å². The van der Waals surface area contributed by atoms with Crippen molar-refractivity contribution >= 4 is 0 Å². The highest BCUT2D eigenvalue weighted by Gasteiger charge is 2.34. The second kappa shape index (κ2) is 6.85. The molecule has 0 spiro atoms. The topological polar surface area (TPSA) is 48.3 Å². The van der Waals surface area contributed by atoms with Crippen molar-refractivity contribution < 1.29 is 4.74 Å². The van der Waals surface area contributed by atoms with E-state index in [2.05, 4.69) is 16.3 Å². The predicted molar refractivity (Wildman–Crippen MR) is 79.3 cm³/mol. The molecule has 0 aromatic heterocycles. The highest BCUT2D eigenvalue weighted by atomic mass is 16.5. The fraction of sp³-hybridized carbons (Fsp3) is 0.562. The Kier molecular flexibility index (Phi) is 5.13. The maximum Gasteiger partial charge on any atom is 0.144 e. The zero-order chi connectivity index (χ0) is 14.4. The Bertz CT molecular complexity index is 449. The van der Waals surface area contributed by atoms with E-state index in [4.69, 9.17) is 4.74 Å². The van der Waals surface area contributed by atoms with Gasteiger partial charge in [-0.1, -0.05) is 30.3 Å².